The third-order valence-electron chi connectivity index (χ3n) is 5.08. The van der Waals surface area contributed by atoms with Gasteiger partial charge in [-0.1, -0.05) is 0 Å². The normalized spacial score (nSPS) is 14.2. The summed E-state index contributed by atoms with van der Waals surface area (Å²) in [6.07, 6.45) is 6.81. The van der Waals surface area contributed by atoms with Crippen molar-refractivity contribution in [1.29, 1.82) is 0 Å². The number of anilines is 1. The third kappa shape index (κ3) is 3.16. The Hall–Kier alpha value is -3.47. The maximum atomic E-state index is 13.0. The lowest BCUT2D eigenvalue weighted by Gasteiger charge is -2.13. The number of methoxy groups -OCH3 is 1. The third-order valence-corrected chi connectivity index (χ3v) is 6.42. The predicted octanol–water partition coefficient (Wildman–Crippen LogP) is 2.44. The fraction of sp³-hybridized carbons (Fsp3) is 0.263. The fourth-order valence-electron chi connectivity index (χ4n) is 3.34. The Bertz CT molecular complexity index is 1340. The van der Waals surface area contributed by atoms with Crippen molar-refractivity contribution in [2.45, 2.75) is 23.7 Å². The Morgan fingerprint density at radius 3 is 2.73 bits per heavy atom. The number of hydrogen-bond donors (Lipinski definition) is 2. The van der Waals surface area contributed by atoms with Crippen LogP contribution < -0.4 is 9.46 Å². The second-order valence-corrected chi connectivity index (χ2v) is 8.86. The summed E-state index contributed by atoms with van der Waals surface area (Å²) in [4.78, 5) is 8.49. The van der Waals surface area contributed by atoms with Crippen LogP contribution in [-0.4, -0.2) is 45.5 Å². The maximum absolute atomic E-state index is 13.0. The first-order chi connectivity index (χ1) is 14.5. The first-order valence-electron chi connectivity index (χ1n) is 9.35. The number of H-pyrrole nitrogens is 1. The van der Waals surface area contributed by atoms with E-state index in [-0.39, 0.29) is 16.5 Å². The van der Waals surface area contributed by atoms with Crippen LogP contribution in [0.1, 0.15) is 24.5 Å². The molecule has 11 heteroatoms. The van der Waals surface area contributed by atoms with E-state index in [1.807, 2.05) is 6.07 Å². The van der Waals surface area contributed by atoms with E-state index in [1.54, 1.807) is 30.2 Å². The molecule has 0 aliphatic heterocycles. The van der Waals surface area contributed by atoms with Crippen LogP contribution in [0.15, 0.2) is 41.7 Å². The standard InChI is InChI=1S/C19H19N7O3S/c1-26-18-12(9-22-26)8-21-19(29-2)17(18)25-30(27,28)13-5-6-14(20-10-13)16-7-15(23-24-16)11-3-4-11/h5-11,25H,3-4H2,1-2H3,(H,23,24). The molecule has 154 valence electrons. The van der Waals surface area contributed by atoms with Gasteiger partial charge < -0.3 is 4.74 Å². The number of fused-ring (bicyclic) bond motifs is 1. The summed E-state index contributed by atoms with van der Waals surface area (Å²) in [5.41, 5.74) is 3.21. The summed E-state index contributed by atoms with van der Waals surface area (Å²) < 4.78 is 35.4. The minimum absolute atomic E-state index is 0.0226. The molecule has 4 heterocycles. The van der Waals surface area contributed by atoms with Crippen molar-refractivity contribution in [3.63, 3.8) is 0 Å². The minimum Gasteiger partial charge on any atom is -0.479 e. The molecule has 2 N–H and O–H groups in total. The summed E-state index contributed by atoms with van der Waals surface area (Å²) in [5, 5.41) is 12.1. The molecule has 0 aromatic carbocycles. The Morgan fingerprint density at radius 1 is 1.20 bits per heavy atom. The van der Waals surface area contributed by atoms with Crippen LogP contribution in [0, 0.1) is 0 Å². The zero-order valence-electron chi connectivity index (χ0n) is 16.3. The Morgan fingerprint density at radius 2 is 2.03 bits per heavy atom. The number of nitrogens with zero attached hydrogens (tertiary/aromatic N) is 5. The fourth-order valence-corrected chi connectivity index (χ4v) is 4.35. The largest absolute Gasteiger partial charge is 0.479 e. The predicted molar refractivity (Wildman–Crippen MR) is 110 cm³/mol. The van der Waals surface area contributed by atoms with Gasteiger partial charge >= 0.3 is 0 Å². The van der Waals surface area contributed by atoms with Gasteiger partial charge in [0.2, 0.25) is 5.88 Å². The molecule has 4 aromatic rings. The van der Waals surface area contributed by atoms with Gasteiger partial charge in [0.05, 0.1) is 35.9 Å². The number of nitrogens with one attached hydrogen (secondary N) is 2. The summed E-state index contributed by atoms with van der Waals surface area (Å²) in [5.74, 6) is 0.682. The molecule has 1 saturated carbocycles. The highest BCUT2D eigenvalue weighted by molar-refractivity contribution is 7.92. The van der Waals surface area contributed by atoms with Crippen LogP contribution in [0.4, 0.5) is 5.69 Å². The van der Waals surface area contributed by atoms with Crippen LogP contribution in [0.2, 0.25) is 0 Å². The van der Waals surface area contributed by atoms with E-state index in [0.29, 0.717) is 22.5 Å². The molecule has 1 fully saturated rings. The number of pyridine rings is 2. The summed E-state index contributed by atoms with van der Waals surface area (Å²) >= 11 is 0. The number of aromatic nitrogens is 6. The number of rotatable bonds is 6. The number of sulfonamides is 1. The van der Waals surface area contributed by atoms with E-state index in [2.05, 4.69) is 30.0 Å². The molecule has 0 amide bonds. The number of aryl methyl sites for hydroxylation is 1. The van der Waals surface area contributed by atoms with Gasteiger partial charge in [-0.05, 0) is 31.0 Å². The van der Waals surface area contributed by atoms with E-state index < -0.39 is 10.0 Å². The van der Waals surface area contributed by atoms with Crippen molar-refractivity contribution in [3.8, 4) is 17.3 Å². The van der Waals surface area contributed by atoms with Gasteiger partial charge in [-0.25, -0.2) is 13.4 Å². The molecular formula is C19H19N7O3S. The van der Waals surface area contributed by atoms with Crippen molar-refractivity contribution in [3.05, 3.63) is 42.5 Å². The van der Waals surface area contributed by atoms with Crippen LogP contribution in [-0.2, 0) is 17.1 Å². The van der Waals surface area contributed by atoms with E-state index in [1.165, 1.54) is 19.4 Å². The lowest BCUT2D eigenvalue weighted by atomic mass is 10.2. The molecule has 4 aromatic heterocycles. The lowest BCUT2D eigenvalue weighted by molar-refractivity contribution is 0.400. The van der Waals surface area contributed by atoms with Crippen LogP contribution >= 0.6 is 0 Å². The molecular weight excluding hydrogens is 406 g/mol. The molecule has 1 aliphatic carbocycles. The van der Waals surface area contributed by atoms with Crippen molar-refractivity contribution in [2.75, 3.05) is 11.8 Å². The molecule has 1 aliphatic rings. The molecule has 30 heavy (non-hydrogen) atoms. The highest BCUT2D eigenvalue weighted by Crippen LogP contribution is 2.39. The highest BCUT2D eigenvalue weighted by atomic mass is 32.2. The first-order valence-corrected chi connectivity index (χ1v) is 10.8. The average Bonchev–Trinajstić information content (AvgIpc) is 3.35. The summed E-state index contributed by atoms with van der Waals surface area (Å²) in [7, 11) is -0.781. The molecule has 10 nitrogen and oxygen atoms in total. The first kappa shape index (κ1) is 18.6. The van der Waals surface area contributed by atoms with Crippen molar-refractivity contribution < 1.29 is 13.2 Å². The summed E-state index contributed by atoms with van der Waals surface area (Å²) in [6.45, 7) is 0. The molecule has 0 atom stereocenters. The smallest absolute Gasteiger partial charge is 0.263 e. The number of aromatic amines is 1. The van der Waals surface area contributed by atoms with E-state index >= 15 is 0 Å². The monoisotopic (exact) mass is 425 g/mol. The van der Waals surface area contributed by atoms with Crippen LogP contribution in [0.5, 0.6) is 5.88 Å². The molecule has 0 radical (unpaired) electrons. The Labute approximate surface area is 172 Å². The van der Waals surface area contributed by atoms with Crippen molar-refractivity contribution in [1.82, 2.24) is 29.9 Å². The van der Waals surface area contributed by atoms with Gasteiger partial charge in [0, 0.05) is 30.7 Å². The lowest BCUT2D eigenvalue weighted by Crippen LogP contribution is -2.15. The Kier molecular flexibility index (Phi) is 4.21. The Balaban J connectivity index is 1.47. The second kappa shape index (κ2) is 6.80. The molecule has 5 rings (SSSR count). The van der Waals surface area contributed by atoms with Crippen LogP contribution in [0.3, 0.4) is 0 Å². The zero-order chi connectivity index (χ0) is 20.9. The summed E-state index contributed by atoms with van der Waals surface area (Å²) in [6, 6.07) is 5.12. The average molecular weight is 425 g/mol. The van der Waals surface area contributed by atoms with Gasteiger partial charge in [-0.15, -0.1) is 0 Å². The van der Waals surface area contributed by atoms with Crippen molar-refractivity contribution in [2.24, 2.45) is 7.05 Å². The van der Waals surface area contributed by atoms with Crippen molar-refractivity contribution >= 4 is 26.6 Å². The topological polar surface area (TPSA) is 128 Å². The van der Waals surface area contributed by atoms with Gasteiger partial charge in [-0.2, -0.15) is 10.2 Å². The molecule has 0 spiro atoms. The van der Waals surface area contributed by atoms with Gasteiger partial charge in [0.15, 0.2) is 0 Å². The van der Waals surface area contributed by atoms with Crippen LogP contribution in [0.25, 0.3) is 22.3 Å². The van der Waals surface area contributed by atoms with Gasteiger partial charge in [0.25, 0.3) is 10.0 Å². The molecule has 0 bridgehead atoms. The molecule has 0 unspecified atom stereocenters. The second-order valence-electron chi connectivity index (χ2n) is 7.18. The van der Waals surface area contributed by atoms with E-state index in [0.717, 1.165) is 24.2 Å². The zero-order valence-corrected chi connectivity index (χ0v) is 17.1. The maximum Gasteiger partial charge on any atom is 0.263 e. The van der Waals surface area contributed by atoms with E-state index in [9.17, 15) is 8.42 Å². The number of hydrogen-bond acceptors (Lipinski definition) is 7. The quantitative estimate of drug-likeness (QED) is 0.485. The van der Waals surface area contributed by atoms with E-state index in [4.69, 9.17) is 4.74 Å². The SMILES string of the molecule is COc1ncc2cnn(C)c2c1NS(=O)(=O)c1ccc(-c2cc(C3CC3)n[nH]2)nc1. The number of ether oxygens (including phenoxy) is 1. The highest BCUT2D eigenvalue weighted by Gasteiger charge is 2.26. The van der Waals surface area contributed by atoms with Gasteiger partial charge in [0.1, 0.15) is 10.6 Å². The minimum atomic E-state index is -3.93. The van der Waals surface area contributed by atoms with Gasteiger partial charge in [-0.3, -0.25) is 19.5 Å². The molecule has 0 saturated heterocycles.